The summed E-state index contributed by atoms with van der Waals surface area (Å²) in [5.41, 5.74) is 6.45. The van der Waals surface area contributed by atoms with Crippen molar-refractivity contribution in [3.8, 4) is 0 Å². The molecule has 106 valence electrons. The number of hydrogen-bond donors (Lipinski definition) is 1. The third-order valence-corrected chi connectivity index (χ3v) is 4.67. The van der Waals surface area contributed by atoms with Crippen LogP contribution in [-0.4, -0.2) is 11.5 Å². The quantitative estimate of drug-likeness (QED) is 0.782. The van der Waals surface area contributed by atoms with E-state index in [9.17, 15) is 0 Å². The van der Waals surface area contributed by atoms with Crippen LogP contribution in [0.5, 0.6) is 0 Å². The molecule has 3 rings (SSSR count). The summed E-state index contributed by atoms with van der Waals surface area (Å²) in [5, 5.41) is 4.86. The molecule has 0 unspecified atom stereocenters. The Morgan fingerprint density at radius 2 is 2.00 bits per heavy atom. The number of nitrogens with zero attached hydrogens (tertiary/aromatic N) is 1. The van der Waals surface area contributed by atoms with Crippen LogP contribution in [0.4, 0.5) is 5.69 Å². The summed E-state index contributed by atoms with van der Waals surface area (Å²) >= 11 is 3.69. The highest BCUT2D eigenvalue weighted by molar-refractivity contribution is 9.10. The van der Waals surface area contributed by atoms with Crippen molar-refractivity contribution in [1.82, 2.24) is 4.98 Å². The average Bonchev–Trinajstić information content (AvgIpc) is 2.65. The number of anilines is 1. The fraction of sp³-hybridized carbons (Fsp3) is 0.471. The SMILES string of the molecule is CCNc1c2c(nc3c(Br)cc(C)cc13)CCCCC2. The summed E-state index contributed by atoms with van der Waals surface area (Å²) in [5.74, 6) is 0. The lowest BCUT2D eigenvalue weighted by Gasteiger charge is -2.17. The summed E-state index contributed by atoms with van der Waals surface area (Å²) in [4.78, 5) is 4.97. The van der Waals surface area contributed by atoms with Crippen molar-refractivity contribution in [3.05, 3.63) is 33.4 Å². The van der Waals surface area contributed by atoms with Gasteiger partial charge < -0.3 is 5.32 Å². The van der Waals surface area contributed by atoms with Crippen molar-refractivity contribution in [2.45, 2.75) is 46.0 Å². The zero-order valence-electron chi connectivity index (χ0n) is 12.2. The van der Waals surface area contributed by atoms with E-state index in [1.165, 1.54) is 47.2 Å². The van der Waals surface area contributed by atoms with Gasteiger partial charge in [-0.05, 0) is 78.7 Å². The van der Waals surface area contributed by atoms with Crippen LogP contribution in [-0.2, 0) is 12.8 Å². The van der Waals surface area contributed by atoms with Gasteiger partial charge in [-0.1, -0.05) is 6.42 Å². The Bertz CT molecular complexity index is 649. The first-order valence-electron chi connectivity index (χ1n) is 7.56. The predicted molar refractivity (Wildman–Crippen MR) is 89.6 cm³/mol. The summed E-state index contributed by atoms with van der Waals surface area (Å²) in [6, 6.07) is 4.42. The molecule has 0 saturated carbocycles. The molecule has 1 aromatic carbocycles. The Kier molecular flexibility index (Phi) is 3.97. The number of benzene rings is 1. The fourth-order valence-electron chi connectivity index (χ4n) is 3.17. The van der Waals surface area contributed by atoms with E-state index in [0.29, 0.717) is 0 Å². The van der Waals surface area contributed by atoms with Crippen molar-refractivity contribution in [1.29, 1.82) is 0 Å². The maximum atomic E-state index is 4.97. The van der Waals surface area contributed by atoms with Gasteiger partial charge in [0.15, 0.2) is 0 Å². The second-order valence-corrected chi connectivity index (χ2v) is 6.50. The van der Waals surface area contributed by atoms with E-state index in [2.05, 4.69) is 47.2 Å². The molecule has 1 heterocycles. The second-order valence-electron chi connectivity index (χ2n) is 5.65. The lowest BCUT2D eigenvalue weighted by atomic mass is 10.0. The van der Waals surface area contributed by atoms with Crippen LogP contribution in [0.15, 0.2) is 16.6 Å². The van der Waals surface area contributed by atoms with E-state index in [-0.39, 0.29) is 0 Å². The molecule has 20 heavy (non-hydrogen) atoms. The van der Waals surface area contributed by atoms with Gasteiger partial charge in [0, 0.05) is 27.8 Å². The van der Waals surface area contributed by atoms with E-state index >= 15 is 0 Å². The molecule has 3 heteroatoms. The molecule has 0 bridgehead atoms. The van der Waals surface area contributed by atoms with Crippen LogP contribution in [0.25, 0.3) is 10.9 Å². The number of aromatic nitrogens is 1. The zero-order chi connectivity index (χ0) is 14.1. The maximum Gasteiger partial charge on any atom is 0.0868 e. The molecular weight excluding hydrogens is 312 g/mol. The Hall–Kier alpha value is -1.09. The van der Waals surface area contributed by atoms with Crippen molar-refractivity contribution in [2.75, 3.05) is 11.9 Å². The van der Waals surface area contributed by atoms with Gasteiger partial charge in [0.25, 0.3) is 0 Å². The highest BCUT2D eigenvalue weighted by Gasteiger charge is 2.18. The van der Waals surface area contributed by atoms with Crippen LogP contribution in [0, 0.1) is 6.92 Å². The second kappa shape index (κ2) is 5.72. The normalized spacial score (nSPS) is 14.9. The van der Waals surface area contributed by atoms with Gasteiger partial charge in [0.05, 0.1) is 5.52 Å². The Balaban J connectivity index is 2.33. The number of aryl methyl sites for hydroxylation is 2. The molecule has 0 radical (unpaired) electrons. The van der Waals surface area contributed by atoms with Crippen LogP contribution < -0.4 is 5.32 Å². The number of halogens is 1. The zero-order valence-corrected chi connectivity index (χ0v) is 13.8. The minimum atomic E-state index is 0.955. The van der Waals surface area contributed by atoms with Crippen molar-refractivity contribution in [2.24, 2.45) is 0 Å². The first kappa shape index (κ1) is 13.9. The fourth-order valence-corrected chi connectivity index (χ4v) is 3.84. The molecule has 0 amide bonds. The molecule has 1 N–H and O–H groups in total. The lowest BCUT2D eigenvalue weighted by Crippen LogP contribution is -2.07. The third kappa shape index (κ3) is 2.44. The molecule has 1 aromatic heterocycles. The van der Waals surface area contributed by atoms with Crippen molar-refractivity contribution in [3.63, 3.8) is 0 Å². The number of fused-ring (bicyclic) bond motifs is 2. The van der Waals surface area contributed by atoms with E-state index in [4.69, 9.17) is 4.98 Å². The van der Waals surface area contributed by atoms with Gasteiger partial charge in [-0.15, -0.1) is 0 Å². The Labute approximate surface area is 129 Å². The largest absolute Gasteiger partial charge is 0.384 e. The molecular formula is C17H21BrN2. The molecule has 1 aliphatic rings. The Morgan fingerprint density at radius 3 is 2.80 bits per heavy atom. The van der Waals surface area contributed by atoms with Gasteiger partial charge in [-0.25, -0.2) is 0 Å². The highest BCUT2D eigenvalue weighted by atomic mass is 79.9. The van der Waals surface area contributed by atoms with E-state index < -0.39 is 0 Å². The van der Waals surface area contributed by atoms with Gasteiger partial charge in [0.1, 0.15) is 0 Å². The van der Waals surface area contributed by atoms with E-state index in [0.717, 1.165) is 29.4 Å². The summed E-state index contributed by atoms with van der Waals surface area (Å²) in [7, 11) is 0. The van der Waals surface area contributed by atoms with Crippen LogP contribution >= 0.6 is 15.9 Å². The molecule has 0 fully saturated rings. The molecule has 0 aliphatic heterocycles. The van der Waals surface area contributed by atoms with E-state index in [1.54, 1.807) is 0 Å². The van der Waals surface area contributed by atoms with E-state index in [1.807, 2.05) is 0 Å². The topological polar surface area (TPSA) is 24.9 Å². The molecule has 0 spiro atoms. The molecule has 0 atom stereocenters. The lowest BCUT2D eigenvalue weighted by molar-refractivity contribution is 0.709. The predicted octanol–water partition coefficient (Wildman–Crippen LogP) is 5.01. The van der Waals surface area contributed by atoms with Crippen molar-refractivity contribution >= 4 is 32.5 Å². The highest BCUT2D eigenvalue weighted by Crippen LogP contribution is 2.36. The number of pyridine rings is 1. The minimum Gasteiger partial charge on any atom is -0.384 e. The summed E-state index contributed by atoms with van der Waals surface area (Å²) in [6.07, 6.45) is 6.14. The average molecular weight is 333 g/mol. The first-order chi connectivity index (χ1) is 9.70. The molecule has 0 saturated heterocycles. The van der Waals surface area contributed by atoms with Gasteiger partial charge in [0.2, 0.25) is 0 Å². The molecule has 2 aromatic rings. The van der Waals surface area contributed by atoms with Gasteiger partial charge >= 0.3 is 0 Å². The van der Waals surface area contributed by atoms with Crippen LogP contribution in [0.2, 0.25) is 0 Å². The first-order valence-corrected chi connectivity index (χ1v) is 8.35. The third-order valence-electron chi connectivity index (χ3n) is 4.07. The van der Waals surface area contributed by atoms with Crippen LogP contribution in [0.1, 0.15) is 43.0 Å². The smallest absolute Gasteiger partial charge is 0.0868 e. The Morgan fingerprint density at radius 1 is 1.20 bits per heavy atom. The van der Waals surface area contributed by atoms with Crippen LogP contribution in [0.3, 0.4) is 0 Å². The summed E-state index contributed by atoms with van der Waals surface area (Å²) in [6.45, 7) is 5.27. The summed E-state index contributed by atoms with van der Waals surface area (Å²) < 4.78 is 1.11. The monoisotopic (exact) mass is 332 g/mol. The number of hydrogen-bond acceptors (Lipinski definition) is 2. The van der Waals surface area contributed by atoms with Gasteiger partial charge in [-0.2, -0.15) is 0 Å². The number of rotatable bonds is 2. The maximum absolute atomic E-state index is 4.97. The van der Waals surface area contributed by atoms with Crippen molar-refractivity contribution < 1.29 is 0 Å². The molecule has 1 aliphatic carbocycles. The van der Waals surface area contributed by atoms with Gasteiger partial charge in [-0.3, -0.25) is 4.98 Å². The molecule has 2 nitrogen and oxygen atoms in total. The standard InChI is InChI=1S/C17H21BrN2/c1-3-19-16-12-7-5-4-6-8-15(12)20-17-13(16)9-11(2)10-14(17)18/h9-10H,3-8H2,1-2H3,(H,19,20). The number of nitrogens with one attached hydrogen (secondary N) is 1. The minimum absolute atomic E-state index is 0.955.